The fourth-order valence-corrected chi connectivity index (χ4v) is 3.98. The number of likely N-dealkylation sites (N-methyl/N-ethyl adjacent to an activating group) is 1. The maximum atomic E-state index is 13.2. The van der Waals surface area contributed by atoms with Crippen LogP contribution >= 0.6 is 0 Å². The van der Waals surface area contributed by atoms with Gasteiger partial charge in [-0.3, -0.25) is 14.7 Å². The third-order valence-corrected chi connectivity index (χ3v) is 5.77. The normalized spacial score (nSPS) is 13.4. The Bertz CT molecular complexity index is 1240. The molecule has 0 aliphatic carbocycles. The van der Waals surface area contributed by atoms with Crippen molar-refractivity contribution >= 4 is 22.7 Å². The van der Waals surface area contributed by atoms with Gasteiger partial charge in [0.05, 0.1) is 16.8 Å². The number of aromatic nitrogens is 2. The molecule has 2 amide bonds. The number of H-pyrrole nitrogens is 1. The summed E-state index contributed by atoms with van der Waals surface area (Å²) in [5.74, 6) is -0.958. The Labute approximate surface area is 193 Å². The van der Waals surface area contributed by atoms with Gasteiger partial charge in [-0.2, -0.15) is 18.3 Å². The van der Waals surface area contributed by atoms with Crippen molar-refractivity contribution in [2.75, 3.05) is 20.1 Å². The number of phenols is 1. The zero-order valence-corrected chi connectivity index (χ0v) is 18.4. The van der Waals surface area contributed by atoms with E-state index >= 15 is 0 Å². The van der Waals surface area contributed by atoms with Crippen LogP contribution in [0.1, 0.15) is 44.0 Å². The third-order valence-electron chi connectivity index (χ3n) is 5.77. The predicted molar refractivity (Wildman–Crippen MR) is 118 cm³/mol. The van der Waals surface area contributed by atoms with Crippen molar-refractivity contribution in [3.63, 3.8) is 0 Å². The second-order valence-corrected chi connectivity index (χ2v) is 8.20. The summed E-state index contributed by atoms with van der Waals surface area (Å²) in [7, 11) is 1.79. The summed E-state index contributed by atoms with van der Waals surface area (Å²) in [5.41, 5.74) is 2.71. The number of aryl methyl sites for hydroxylation is 1. The number of hydrogen-bond donors (Lipinski definition) is 4. The number of aromatic hydroxyl groups is 1. The summed E-state index contributed by atoms with van der Waals surface area (Å²) in [5, 5.41) is 23.0. The first-order chi connectivity index (χ1) is 16.2. The number of amides is 2. The van der Waals surface area contributed by atoms with E-state index < -0.39 is 18.5 Å². The summed E-state index contributed by atoms with van der Waals surface area (Å²) in [6.45, 7) is 1.66. The maximum Gasteiger partial charge on any atom is 0.389 e. The van der Waals surface area contributed by atoms with Gasteiger partial charge in [-0.05, 0) is 36.4 Å². The van der Waals surface area contributed by atoms with E-state index in [9.17, 15) is 27.9 Å². The van der Waals surface area contributed by atoms with E-state index in [-0.39, 0.29) is 35.9 Å². The molecular weight excluding hydrogens is 451 g/mol. The molecule has 11 heteroatoms. The Hall–Kier alpha value is -3.60. The van der Waals surface area contributed by atoms with Crippen LogP contribution in [0.3, 0.4) is 0 Å². The van der Waals surface area contributed by atoms with Gasteiger partial charge in [-0.25, -0.2) is 0 Å². The Balaban J connectivity index is 1.52. The Kier molecular flexibility index (Phi) is 6.47. The van der Waals surface area contributed by atoms with Gasteiger partial charge in [-0.15, -0.1) is 0 Å². The first-order valence-electron chi connectivity index (χ1n) is 10.8. The van der Waals surface area contributed by atoms with E-state index in [1.807, 2.05) is 0 Å². The van der Waals surface area contributed by atoms with E-state index in [0.717, 1.165) is 11.1 Å². The van der Waals surface area contributed by atoms with Crippen molar-refractivity contribution in [2.45, 2.75) is 32.1 Å². The Morgan fingerprint density at radius 1 is 1.15 bits per heavy atom. The lowest BCUT2D eigenvalue weighted by Crippen LogP contribution is -2.30. The van der Waals surface area contributed by atoms with Crippen LogP contribution in [0.25, 0.3) is 10.9 Å². The molecule has 180 valence electrons. The fourth-order valence-electron chi connectivity index (χ4n) is 3.98. The summed E-state index contributed by atoms with van der Waals surface area (Å²) in [6.07, 6.45) is -5.70. The minimum atomic E-state index is -4.33. The van der Waals surface area contributed by atoms with Crippen LogP contribution < -0.4 is 10.6 Å². The minimum absolute atomic E-state index is 0.0139. The zero-order chi connectivity index (χ0) is 24.5. The van der Waals surface area contributed by atoms with Gasteiger partial charge in [0, 0.05) is 56.0 Å². The van der Waals surface area contributed by atoms with Gasteiger partial charge in [0.1, 0.15) is 5.75 Å². The van der Waals surface area contributed by atoms with Crippen LogP contribution in [-0.4, -0.2) is 58.3 Å². The molecule has 8 nitrogen and oxygen atoms in total. The number of rotatable bonds is 7. The van der Waals surface area contributed by atoms with E-state index in [2.05, 4.69) is 20.8 Å². The number of fused-ring (bicyclic) bond motifs is 2. The molecule has 4 rings (SSSR count). The number of halogens is 3. The zero-order valence-electron chi connectivity index (χ0n) is 18.4. The first-order valence-corrected chi connectivity index (χ1v) is 10.8. The highest BCUT2D eigenvalue weighted by atomic mass is 19.4. The van der Waals surface area contributed by atoms with Crippen LogP contribution in [0, 0.1) is 0 Å². The monoisotopic (exact) mass is 475 g/mol. The van der Waals surface area contributed by atoms with E-state index in [1.54, 1.807) is 25.2 Å². The number of nitrogens with zero attached hydrogens (tertiary/aromatic N) is 2. The lowest BCUT2D eigenvalue weighted by molar-refractivity contribution is -0.134. The molecule has 0 atom stereocenters. The standard InChI is InChI=1S/C23H24F3N5O3/c1-27-6-7-28-21(33)13-2-3-14-11-31(12-15(14)8-13)22(34)17-9-16-18(4-5-23(24,25)26)29-30-19(16)10-20(17)32/h2-3,8-10,27,32H,4-7,11-12H2,1H3,(H,28,33)(H,29,30). The molecule has 0 bridgehead atoms. The number of aromatic amines is 1. The number of carbonyl (C=O) groups is 2. The molecule has 1 aliphatic heterocycles. The summed E-state index contributed by atoms with van der Waals surface area (Å²) in [6, 6.07) is 7.91. The fraction of sp³-hybridized carbons (Fsp3) is 0.348. The van der Waals surface area contributed by atoms with Gasteiger partial charge < -0.3 is 20.6 Å². The van der Waals surface area contributed by atoms with Crippen LogP contribution in [0.2, 0.25) is 0 Å². The molecule has 3 aromatic rings. The number of carbonyl (C=O) groups excluding carboxylic acids is 2. The van der Waals surface area contributed by atoms with Crippen molar-refractivity contribution in [1.82, 2.24) is 25.7 Å². The molecular formula is C23H24F3N5O3. The van der Waals surface area contributed by atoms with Crippen molar-refractivity contribution in [1.29, 1.82) is 0 Å². The second-order valence-electron chi connectivity index (χ2n) is 8.20. The van der Waals surface area contributed by atoms with Gasteiger partial charge in [0.25, 0.3) is 11.8 Å². The van der Waals surface area contributed by atoms with Gasteiger partial charge in [0.15, 0.2) is 0 Å². The lowest BCUT2D eigenvalue weighted by atomic mass is 10.1. The van der Waals surface area contributed by atoms with Crippen LogP contribution in [0.4, 0.5) is 13.2 Å². The average Bonchev–Trinajstić information content (AvgIpc) is 3.39. The highest BCUT2D eigenvalue weighted by Gasteiger charge is 2.29. The second kappa shape index (κ2) is 9.34. The van der Waals surface area contributed by atoms with Crippen molar-refractivity contribution in [3.05, 3.63) is 58.3 Å². The molecule has 2 heterocycles. The van der Waals surface area contributed by atoms with Crippen LogP contribution in [-0.2, 0) is 19.5 Å². The molecule has 0 radical (unpaired) electrons. The van der Waals surface area contributed by atoms with E-state index in [0.29, 0.717) is 36.1 Å². The first kappa shape index (κ1) is 23.6. The van der Waals surface area contributed by atoms with E-state index in [4.69, 9.17) is 0 Å². The largest absolute Gasteiger partial charge is 0.507 e. The van der Waals surface area contributed by atoms with Crippen molar-refractivity contribution in [3.8, 4) is 5.75 Å². The molecule has 1 aromatic heterocycles. The highest BCUT2D eigenvalue weighted by molar-refractivity contribution is 6.01. The third kappa shape index (κ3) is 4.98. The van der Waals surface area contributed by atoms with E-state index in [1.165, 1.54) is 17.0 Å². The van der Waals surface area contributed by atoms with Crippen molar-refractivity contribution in [2.24, 2.45) is 0 Å². The molecule has 2 aromatic carbocycles. The number of alkyl halides is 3. The molecule has 34 heavy (non-hydrogen) atoms. The summed E-state index contributed by atoms with van der Waals surface area (Å²) >= 11 is 0. The summed E-state index contributed by atoms with van der Waals surface area (Å²) < 4.78 is 37.9. The SMILES string of the molecule is CNCCNC(=O)c1ccc2c(c1)CN(C(=O)c1cc3c(CCC(F)(F)F)n[nH]c3cc1O)C2. The number of hydrogen-bond acceptors (Lipinski definition) is 5. The van der Waals surface area contributed by atoms with Gasteiger partial charge >= 0.3 is 6.18 Å². The Morgan fingerprint density at radius 2 is 1.91 bits per heavy atom. The van der Waals surface area contributed by atoms with Gasteiger partial charge in [-0.1, -0.05) is 6.07 Å². The van der Waals surface area contributed by atoms with Crippen molar-refractivity contribution < 1.29 is 27.9 Å². The summed E-state index contributed by atoms with van der Waals surface area (Å²) in [4.78, 5) is 27.0. The predicted octanol–water partition coefficient (Wildman–Crippen LogP) is 2.87. The number of phenolic OH excluding ortho intramolecular Hbond substituents is 1. The highest BCUT2D eigenvalue weighted by Crippen LogP contribution is 2.32. The topological polar surface area (TPSA) is 110 Å². The molecule has 0 spiro atoms. The molecule has 4 N–H and O–H groups in total. The van der Waals surface area contributed by atoms with Gasteiger partial charge in [0.2, 0.25) is 0 Å². The number of nitrogens with one attached hydrogen (secondary N) is 3. The lowest BCUT2D eigenvalue weighted by Gasteiger charge is -2.16. The number of benzene rings is 2. The van der Waals surface area contributed by atoms with Crippen LogP contribution in [0.15, 0.2) is 30.3 Å². The van der Waals surface area contributed by atoms with Crippen LogP contribution in [0.5, 0.6) is 5.75 Å². The molecule has 1 aliphatic rings. The quantitative estimate of drug-likeness (QED) is 0.393. The average molecular weight is 475 g/mol. The maximum absolute atomic E-state index is 13.2. The molecule has 0 saturated heterocycles. The smallest absolute Gasteiger partial charge is 0.389 e. The molecule has 0 fully saturated rings. The molecule has 0 saturated carbocycles. The Morgan fingerprint density at radius 3 is 2.65 bits per heavy atom. The molecule has 0 unspecified atom stereocenters. The minimum Gasteiger partial charge on any atom is -0.507 e.